The van der Waals surface area contributed by atoms with Gasteiger partial charge in [0.15, 0.2) is 0 Å². The van der Waals surface area contributed by atoms with E-state index in [2.05, 4.69) is 21.5 Å². The fraction of sp³-hybridized carbons (Fsp3) is 0.0364. The van der Waals surface area contributed by atoms with Crippen molar-refractivity contribution in [2.45, 2.75) is 13.5 Å². The Morgan fingerprint density at radius 2 is 1.05 bits per heavy atom. The Morgan fingerprint density at radius 3 is 1.56 bits per heavy atom. The predicted molar refractivity (Wildman–Crippen MR) is 313 cm³/mol. The lowest BCUT2D eigenvalue weighted by molar-refractivity contribution is -0.385. The molecule has 0 bridgehead atoms. The minimum Gasteiger partial charge on any atom is -0.489 e. The van der Waals surface area contributed by atoms with Gasteiger partial charge in [-0.1, -0.05) is 114 Å². The van der Waals surface area contributed by atoms with Gasteiger partial charge in [0.05, 0.1) is 74.7 Å². The highest BCUT2D eigenvalue weighted by atomic mass is 35.5. The van der Waals surface area contributed by atoms with Crippen molar-refractivity contribution in [3.05, 3.63) is 309 Å². The number of fused-ring (bicyclic) bond motifs is 1. The van der Waals surface area contributed by atoms with E-state index in [0.29, 0.717) is 45.4 Å². The van der Waals surface area contributed by atoms with E-state index in [1.807, 2.05) is 42.5 Å². The Bertz CT molecular complexity index is 3910. The van der Waals surface area contributed by atoms with Crippen LogP contribution in [0.15, 0.2) is 195 Å². The number of nitro groups is 7. The molecule has 0 aliphatic heterocycles. The van der Waals surface area contributed by atoms with E-state index in [-0.39, 0.29) is 55.3 Å². The average Bonchev–Trinajstić information content (AvgIpc) is 3.66. The molecular formula is C55H39Cl3N12O15. The van der Waals surface area contributed by atoms with E-state index < -0.39 is 34.5 Å². The highest BCUT2D eigenvalue weighted by molar-refractivity contribution is 6.34. The van der Waals surface area contributed by atoms with Crippen LogP contribution in [0.5, 0.6) is 5.75 Å². The minimum atomic E-state index is -0.574. The smallest absolute Gasteiger partial charge is 0.306 e. The number of ether oxygens (including phenoxy) is 1. The van der Waals surface area contributed by atoms with Gasteiger partial charge in [0.1, 0.15) is 28.9 Å². The molecule has 0 atom stereocenters. The molecular weight excluding hydrogens is 1180 g/mol. The molecule has 0 unspecified atom stereocenters. The predicted octanol–water partition coefficient (Wildman–Crippen LogP) is 14.7. The van der Waals surface area contributed by atoms with E-state index in [4.69, 9.17) is 50.1 Å². The summed E-state index contributed by atoms with van der Waals surface area (Å²) in [7, 11) is 0. The van der Waals surface area contributed by atoms with Gasteiger partial charge in [-0.2, -0.15) is 10.5 Å². The van der Waals surface area contributed by atoms with Crippen LogP contribution in [0.1, 0.15) is 27.8 Å². The second-order valence-electron chi connectivity index (χ2n) is 15.7. The molecule has 0 saturated heterocycles. The van der Waals surface area contributed by atoms with Crippen LogP contribution in [0.4, 0.5) is 39.8 Å². The number of halogens is 3. The van der Waals surface area contributed by atoms with Gasteiger partial charge in [-0.15, -0.1) is 0 Å². The van der Waals surface area contributed by atoms with Crippen LogP contribution in [0, 0.1) is 100 Å². The van der Waals surface area contributed by atoms with Gasteiger partial charge in [0.2, 0.25) is 5.15 Å². The number of hydrogen-bond acceptors (Lipinski definition) is 20. The van der Waals surface area contributed by atoms with Crippen molar-refractivity contribution in [1.29, 1.82) is 10.5 Å². The first-order valence-electron chi connectivity index (χ1n) is 23.3. The van der Waals surface area contributed by atoms with E-state index in [9.17, 15) is 70.8 Å². The quantitative estimate of drug-likeness (QED) is 0.0659. The van der Waals surface area contributed by atoms with Crippen LogP contribution in [0.25, 0.3) is 16.8 Å². The zero-order valence-electron chi connectivity index (χ0n) is 43.5. The fourth-order valence-corrected chi connectivity index (χ4v) is 6.67. The molecule has 6 aromatic carbocycles. The van der Waals surface area contributed by atoms with Crippen LogP contribution in [0.3, 0.4) is 0 Å². The summed E-state index contributed by atoms with van der Waals surface area (Å²) in [6.45, 7) is 5.57. The molecule has 9 aromatic rings. The van der Waals surface area contributed by atoms with Crippen molar-refractivity contribution >= 4 is 91.5 Å². The number of non-ortho nitro benzene ring substituents is 3. The maximum Gasteiger partial charge on any atom is 0.306 e. The first-order valence-corrected chi connectivity index (χ1v) is 24.4. The monoisotopic (exact) mass is 1210 g/mol. The number of rotatable bonds is 11. The first kappa shape index (κ1) is 67.5. The zero-order chi connectivity index (χ0) is 63.0. The topological polar surface area (TPSA) is 397 Å². The standard InChI is InChI=1S/C13H11NO3.C10H7ClN2O2.C8H7NO2.2C7H4N2O2.2C5H3ClN2O2/c15-14(16)12-7-4-8-13(9-12)17-10-11-5-2-1-3-6-11;1-6-2-3-8-7(9(6)13(14)15)4-5-12-10(8)11;1-2-7-5-3-4-6-8(7)9(10)11;8-5-6-1-3-7(4-2-6)9(10)11;8-5-6-2-1-3-7(4-6)9(10)11;6-5-2-1-4(3-7-5)8(9)10;6-5-4(8(9)10)2-1-3-7-5/h1-9H,10H2;2-5H,1H3;2-6H,1H2;2*1-4H;2*1-3H. The Labute approximate surface area is 494 Å². The highest BCUT2D eigenvalue weighted by Gasteiger charge is 2.17. The zero-order valence-corrected chi connectivity index (χ0v) is 45.8. The van der Waals surface area contributed by atoms with Gasteiger partial charge >= 0.3 is 5.69 Å². The normalized spacial score (nSPS) is 9.44. The van der Waals surface area contributed by atoms with Gasteiger partial charge in [-0.25, -0.2) is 15.0 Å². The Balaban J connectivity index is 0.000000262. The first-order chi connectivity index (χ1) is 40.5. The number of nitrogens with zero attached hydrogens (tertiary/aromatic N) is 12. The number of nitro benzene ring substituents is 5. The van der Waals surface area contributed by atoms with E-state index in [1.165, 1.54) is 109 Å². The van der Waals surface area contributed by atoms with Crippen LogP contribution in [-0.2, 0) is 6.61 Å². The molecule has 0 fully saturated rings. The van der Waals surface area contributed by atoms with E-state index >= 15 is 0 Å². The molecule has 9 rings (SSSR count). The van der Waals surface area contributed by atoms with Gasteiger partial charge < -0.3 is 4.74 Å². The van der Waals surface area contributed by atoms with Crippen LogP contribution in [0.2, 0.25) is 15.5 Å². The maximum atomic E-state index is 10.9. The Kier molecular flexibility index (Phi) is 27.8. The van der Waals surface area contributed by atoms with E-state index in [0.717, 1.165) is 11.8 Å². The van der Waals surface area contributed by atoms with Crippen LogP contribution < -0.4 is 4.74 Å². The number of hydrogen-bond donors (Lipinski definition) is 0. The molecule has 27 nitrogen and oxygen atoms in total. The number of para-hydroxylation sites is 1. The molecule has 0 amide bonds. The number of nitriles is 2. The van der Waals surface area contributed by atoms with Crippen molar-refractivity contribution in [3.8, 4) is 17.9 Å². The molecule has 0 radical (unpaired) electrons. The van der Waals surface area contributed by atoms with Crippen molar-refractivity contribution in [3.63, 3.8) is 0 Å². The summed E-state index contributed by atoms with van der Waals surface area (Å²) in [5, 5.41) is 90.6. The highest BCUT2D eigenvalue weighted by Crippen LogP contribution is 2.32. The third kappa shape index (κ3) is 23.1. The second-order valence-corrected chi connectivity index (χ2v) is 16.8. The lowest BCUT2D eigenvalue weighted by Crippen LogP contribution is -1.95. The third-order valence-electron chi connectivity index (χ3n) is 10.1. The summed E-state index contributed by atoms with van der Waals surface area (Å²) in [5.41, 5.74) is 2.90. The number of pyridine rings is 3. The average molecular weight is 1210 g/mol. The molecule has 0 aliphatic rings. The number of benzene rings is 6. The molecule has 0 aliphatic carbocycles. The summed E-state index contributed by atoms with van der Waals surface area (Å²) < 4.78 is 5.48. The van der Waals surface area contributed by atoms with Gasteiger partial charge in [0.25, 0.3) is 34.1 Å². The molecule has 30 heteroatoms. The summed E-state index contributed by atoms with van der Waals surface area (Å²) in [5.74, 6) is 0.503. The van der Waals surface area contributed by atoms with E-state index in [1.54, 1.807) is 55.5 Å². The van der Waals surface area contributed by atoms with Gasteiger partial charge in [0, 0.05) is 71.9 Å². The second kappa shape index (κ2) is 35.1. The molecule has 3 heterocycles. The lowest BCUT2D eigenvalue weighted by Gasteiger charge is -2.05. The third-order valence-corrected chi connectivity index (χ3v) is 11.0. The molecule has 430 valence electrons. The van der Waals surface area contributed by atoms with Gasteiger partial charge in [-0.3, -0.25) is 70.8 Å². The van der Waals surface area contributed by atoms with Crippen molar-refractivity contribution in [2.24, 2.45) is 0 Å². The molecule has 3 aromatic heterocycles. The van der Waals surface area contributed by atoms with Gasteiger partial charge in [-0.05, 0) is 61.0 Å². The maximum absolute atomic E-state index is 10.9. The fourth-order valence-electron chi connectivity index (χ4n) is 6.15. The molecule has 0 spiro atoms. The molecule has 0 saturated carbocycles. The SMILES string of the molecule is C=Cc1ccccc1[N+](=O)[O-].Cc1ccc2c(Cl)nccc2c1[N+](=O)[O-].N#Cc1ccc([N+](=O)[O-])cc1.N#Cc1cccc([N+](=O)[O-])c1.O=[N+]([O-])c1ccc(Cl)nc1.O=[N+]([O-])c1cccc(OCc2ccccc2)c1.O=[N+]([O-])c1cccnc1Cl. The lowest BCUT2D eigenvalue weighted by atomic mass is 10.1. The summed E-state index contributed by atoms with van der Waals surface area (Å²) in [4.78, 5) is 79.8. The van der Waals surface area contributed by atoms with Crippen molar-refractivity contribution in [2.75, 3.05) is 0 Å². The Hall–Kier alpha value is -11.8. The van der Waals surface area contributed by atoms with Crippen LogP contribution in [-0.4, -0.2) is 49.4 Å². The summed E-state index contributed by atoms with van der Waals surface area (Å²) in [6.07, 6.45) is 5.45. The Morgan fingerprint density at radius 1 is 0.494 bits per heavy atom. The minimum absolute atomic E-state index is 0.00370. The van der Waals surface area contributed by atoms with Crippen molar-refractivity contribution < 1.29 is 39.2 Å². The number of aromatic nitrogens is 3. The molecule has 85 heavy (non-hydrogen) atoms. The summed E-state index contributed by atoms with van der Waals surface area (Å²) >= 11 is 16.6. The molecule has 0 N–H and O–H groups in total. The largest absolute Gasteiger partial charge is 0.489 e. The van der Waals surface area contributed by atoms with Crippen molar-refractivity contribution in [1.82, 2.24) is 15.0 Å². The number of aryl methyl sites for hydroxylation is 1. The summed E-state index contributed by atoms with van der Waals surface area (Å²) in [6, 6.07) is 47.5. The van der Waals surface area contributed by atoms with Crippen LogP contribution >= 0.6 is 34.8 Å².